The van der Waals surface area contributed by atoms with Crippen molar-refractivity contribution in [2.75, 3.05) is 18.1 Å². The van der Waals surface area contributed by atoms with Crippen LogP contribution in [0.5, 0.6) is 0 Å². The Kier molecular flexibility index (Phi) is 12.9. The number of rotatable bonds is 6. The number of thioether (sulfide) groups is 1. The molecule has 2 atom stereocenters. The van der Waals surface area contributed by atoms with Gasteiger partial charge in [-0.05, 0) is 32.3 Å². The molecule has 0 aromatic carbocycles. The van der Waals surface area contributed by atoms with Crippen LogP contribution >= 0.6 is 23.4 Å². The van der Waals surface area contributed by atoms with Crippen molar-refractivity contribution in [1.82, 2.24) is 0 Å². The molecule has 2 rings (SSSR count). The van der Waals surface area contributed by atoms with Gasteiger partial charge in [-0.15, -0.1) is 0 Å². The van der Waals surface area contributed by atoms with Crippen molar-refractivity contribution in [1.29, 1.82) is 0 Å². The second-order valence-electron chi connectivity index (χ2n) is 8.04. The van der Waals surface area contributed by atoms with Crippen molar-refractivity contribution in [2.24, 2.45) is 5.41 Å². The van der Waals surface area contributed by atoms with Gasteiger partial charge >= 0.3 is 0 Å². The van der Waals surface area contributed by atoms with Crippen LogP contribution < -0.4 is 0 Å². The summed E-state index contributed by atoms with van der Waals surface area (Å²) in [5.41, 5.74) is -0.0470. The van der Waals surface area contributed by atoms with E-state index in [-0.39, 0.29) is 0 Å². The summed E-state index contributed by atoms with van der Waals surface area (Å²) >= 11 is 7.63. The number of carbonyl (C=O) groups excluding carboxylic acids is 1. The highest BCUT2D eigenvalue weighted by molar-refractivity contribution is 7.99. The van der Waals surface area contributed by atoms with E-state index in [2.05, 4.69) is 13.8 Å². The lowest BCUT2D eigenvalue weighted by Gasteiger charge is -2.40. The SMILES string of the molecule is C/C=C(Cl)\C=C/CSCC1(C)COC(C)(CC)OO1.CC.CC1(C)CC(=O)C1. The first-order valence-corrected chi connectivity index (χ1v) is 11.6. The lowest BCUT2D eigenvalue weighted by Crippen LogP contribution is -2.50. The Balaban J connectivity index is 0.000000670. The topological polar surface area (TPSA) is 44.8 Å². The normalized spacial score (nSPS) is 29.3. The number of carbonyl (C=O) groups is 1. The lowest BCUT2D eigenvalue weighted by molar-refractivity contribution is -0.501. The molecule has 1 aliphatic carbocycles. The second kappa shape index (κ2) is 13.1. The fourth-order valence-corrected chi connectivity index (χ4v) is 3.39. The molecule has 2 fully saturated rings. The van der Waals surface area contributed by atoms with Gasteiger partial charge in [0.15, 0.2) is 5.79 Å². The van der Waals surface area contributed by atoms with E-state index in [1.54, 1.807) is 11.8 Å². The number of allylic oxidation sites excluding steroid dienone is 3. The van der Waals surface area contributed by atoms with E-state index in [1.165, 1.54) is 0 Å². The first-order chi connectivity index (χ1) is 13.0. The zero-order valence-corrected chi connectivity index (χ0v) is 20.5. The molecule has 1 saturated heterocycles. The monoisotopic (exact) mass is 434 g/mol. The number of Topliss-reactive ketones (excluding diaryl/α,β-unsaturated/α-hetero) is 1. The Hall–Kier alpha value is -0.330. The molecule has 0 N–H and O–H groups in total. The van der Waals surface area contributed by atoms with Crippen molar-refractivity contribution in [3.05, 3.63) is 23.3 Å². The molecule has 2 unspecified atom stereocenters. The molecule has 1 aliphatic heterocycles. The van der Waals surface area contributed by atoms with Gasteiger partial charge in [0.2, 0.25) is 0 Å². The Morgan fingerprint density at radius 3 is 2.14 bits per heavy atom. The fourth-order valence-electron chi connectivity index (χ4n) is 2.38. The van der Waals surface area contributed by atoms with Gasteiger partial charge in [-0.1, -0.05) is 58.4 Å². The van der Waals surface area contributed by atoms with Gasteiger partial charge < -0.3 is 4.74 Å². The summed E-state index contributed by atoms with van der Waals surface area (Å²) in [5.74, 6) is 1.51. The third kappa shape index (κ3) is 11.0. The van der Waals surface area contributed by atoms with E-state index in [1.807, 2.05) is 59.8 Å². The Morgan fingerprint density at radius 2 is 1.79 bits per heavy atom. The van der Waals surface area contributed by atoms with Crippen LogP contribution in [-0.4, -0.2) is 35.3 Å². The number of halogens is 1. The van der Waals surface area contributed by atoms with Crippen LogP contribution in [0, 0.1) is 5.41 Å². The van der Waals surface area contributed by atoms with Crippen LogP contribution in [0.3, 0.4) is 0 Å². The molecular weight excluding hydrogens is 396 g/mol. The van der Waals surface area contributed by atoms with Gasteiger partial charge in [-0.3, -0.25) is 4.79 Å². The van der Waals surface area contributed by atoms with E-state index >= 15 is 0 Å². The van der Waals surface area contributed by atoms with Gasteiger partial charge in [0, 0.05) is 35.8 Å². The zero-order valence-electron chi connectivity index (χ0n) is 18.9. The van der Waals surface area contributed by atoms with Crippen LogP contribution in [0.1, 0.15) is 74.7 Å². The number of ketones is 1. The number of ether oxygens (including phenoxy) is 1. The third-order valence-corrected chi connectivity index (χ3v) is 5.86. The largest absolute Gasteiger partial charge is 0.344 e. The van der Waals surface area contributed by atoms with Crippen LogP contribution in [-0.2, 0) is 19.3 Å². The van der Waals surface area contributed by atoms with Crippen LogP contribution in [0.25, 0.3) is 0 Å². The molecule has 0 aromatic rings. The molecule has 0 amide bonds. The summed E-state index contributed by atoms with van der Waals surface area (Å²) in [7, 11) is 0. The molecule has 4 nitrogen and oxygen atoms in total. The molecule has 0 bridgehead atoms. The predicted octanol–water partition coefficient (Wildman–Crippen LogP) is 6.68. The summed E-state index contributed by atoms with van der Waals surface area (Å²) in [6.07, 6.45) is 8.17. The molecule has 28 heavy (non-hydrogen) atoms. The molecular formula is C22H39ClO4S. The van der Waals surface area contributed by atoms with E-state index in [0.717, 1.165) is 35.8 Å². The minimum atomic E-state index is -0.608. The van der Waals surface area contributed by atoms with Crippen LogP contribution in [0.4, 0.5) is 0 Å². The standard InChI is InChI=1S/C14H23ClO3S.C6H10O.C2H6/c1-5-12(15)8-7-9-19-11-13(3)10-16-14(4,6-2)18-17-13;1-6(2)3-5(7)4-6;1-2/h5,7-8H,6,9-11H2,1-4H3;3-4H2,1-2H3;1-2H3/b8-7-,12-5+;;. The van der Waals surface area contributed by atoms with Crippen molar-refractivity contribution < 1.29 is 19.3 Å². The lowest BCUT2D eigenvalue weighted by atomic mass is 9.71. The van der Waals surface area contributed by atoms with E-state index in [0.29, 0.717) is 17.8 Å². The molecule has 0 spiro atoms. The first-order valence-electron chi connectivity index (χ1n) is 10.1. The summed E-state index contributed by atoms with van der Waals surface area (Å²) in [5, 5.41) is 0.756. The molecule has 1 heterocycles. The van der Waals surface area contributed by atoms with Crippen molar-refractivity contribution in [3.8, 4) is 0 Å². The average molecular weight is 435 g/mol. The highest BCUT2D eigenvalue weighted by atomic mass is 35.5. The van der Waals surface area contributed by atoms with Gasteiger partial charge in [-0.25, -0.2) is 9.78 Å². The summed E-state index contributed by atoms with van der Waals surface area (Å²) in [6, 6.07) is 0. The van der Waals surface area contributed by atoms with E-state index in [4.69, 9.17) is 26.1 Å². The maximum Gasteiger partial charge on any atom is 0.198 e. The third-order valence-electron chi connectivity index (χ3n) is 4.27. The van der Waals surface area contributed by atoms with E-state index in [9.17, 15) is 4.79 Å². The molecule has 0 radical (unpaired) electrons. The quantitative estimate of drug-likeness (QED) is 0.265. The smallest absolute Gasteiger partial charge is 0.198 e. The minimum Gasteiger partial charge on any atom is -0.344 e. The Morgan fingerprint density at radius 1 is 1.18 bits per heavy atom. The molecule has 6 heteroatoms. The van der Waals surface area contributed by atoms with E-state index < -0.39 is 11.4 Å². The van der Waals surface area contributed by atoms with Gasteiger partial charge in [0.05, 0.1) is 6.61 Å². The number of hydrogen-bond acceptors (Lipinski definition) is 5. The molecule has 0 aromatic heterocycles. The minimum absolute atomic E-state index is 0.344. The van der Waals surface area contributed by atoms with Crippen molar-refractivity contribution in [3.63, 3.8) is 0 Å². The summed E-state index contributed by atoms with van der Waals surface area (Å²) in [6.45, 7) is 16.6. The highest BCUT2D eigenvalue weighted by Gasteiger charge is 2.40. The Bertz CT molecular complexity index is 511. The van der Waals surface area contributed by atoms with Gasteiger partial charge in [0.25, 0.3) is 0 Å². The maximum atomic E-state index is 10.3. The average Bonchev–Trinajstić information content (AvgIpc) is 2.65. The molecule has 1 saturated carbocycles. The van der Waals surface area contributed by atoms with Gasteiger partial charge in [0.1, 0.15) is 11.4 Å². The maximum absolute atomic E-state index is 10.3. The molecule has 2 aliphatic rings. The van der Waals surface area contributed by atoms with Crippen molar-refractivity contribution in [2.45, 2.75) is 86.0 Å². The predicted molar refractivity (Wildman–Crippen MR) is 121 cm³/mol. The van der Waals surface area contributed by atoms with Crippen LogP contribution in [0.2, 0.25) is 0 Å². The molecule has 164 valence electrons. The zero-order chi connectivity index (χ0) is 21.8. The van der Waals surface area contributed by atoms with Crippen molar-refractivity contribution >= 4 is 29.1 Å². The Labute approximate surface area is 181 Å². The van der Waals surface area contributed by atoms with Crippen LogP contribution in [0.15, 0.2) is 23.3 Å². The summed E-state index contributed by atoms with van der Waals surface area (Å²) < 4.78 is 5.73. The second-order valence-corrected chi connectivity index (χ2v) is 9.51. The summed E-state index contributed by atoms with van der Waals surface area (Å²) in [4.78, 5) is 21.2. The van der Waals surface area contributed by atoms with Gasteiger partial charge in [-0.2, -0.15) is 11.8 Å². The fraction of sp³-hybridized carbons (Fsp3) is 0.773. The highest BCUT2D eigenvalue weighted by Crippen LogP contribution is 2.36. The number of hydrogen-bond donors (Lipinski definition) is 0. The first kappa shape index (κ1) is 27.7.